The summed E-state index contributed by atoms with van der Waals surface area (Å²) in [6.45, 7) is 5.43. The van der Waals surface area contributed by atoms with Crippen molar-refractivity contribution in [1.29, 1.82) is 0 Å². The van der Waals surface area contributed by atoms with Crippen molar-refractivity contribution in [3.05, 3.63) is 34.9 Å². The van der Waals surface area contributed by atoms with Crippen LogP contribution in [0.1, 0.15) is 36.5 Å². The van der Waals surface area contributed by atoms with Crippen molar-refractivity contribution in [2.45, 2.75) is 38.2 Å². The second kappa shape index (κ2) is 4.66. The Hall–Kier alpha value is -0.700. The molecule has 0 saturated carbocycles. The number of aryl methyl sites for hydroxylation is 1. The summed E-state index contributed by atoms with van der Waals surface area (Å²) in [5.41, 5.74) is 0.897. The molecule has 0 aliphatic rings. The van der Waals surface area contributed by atoms with E-state index in [4.69, 9.17) is 11.6 Å². The molecule has 1 aromatic rings. The zero-order valence-corrected chi connectivity index (χ0v) is 10.2. The highest BCUT2D eigenvalue weighted by Crippen LogP contribution is 2.33. The van der Waals surface area contributed by atoms with Gasteiger partial charge in [-0.2, -0.15) is 13.2 Å². The smallest absolute Gasteiger partial charge is 0.166 e. The van der Waals surface area contributed by atoms with Gasteiger partial charge in [-0.3, -0.25) is 0 Å². The summed E-state index contributed by atoms with van der Waals surface area (Å²) >= 11 is 5.94. The van der Waals surface area contributed by atoms with Gasteiger partial charge in [0, 0.05) is 5.38 Å². The normalized spacial score (nSPS) is 15.9. The average molecular weight is 251 g/mol. The van der Waals surface area contributed by atoms with E-state index in [-0.39, 0.29) is 11.3 Å². The maximum Gasteiger partial charge on any atom is 0.416 e. The maximum absolute atomic E-state index is 12.4. The summed E-state index contributed by atoms with van der Waals surface area (Å²) in [4.78, 5) is 0. The molecule has 0 heterocycles. The van der Waals surface area contributed by atoms with E-state index in [0.29, 0.717) is 5.56 Å². The lowest BCUT2D eigenvalue weighted by Crippen LogP contribution is -2.10. The summed E-state index contributed by atoms with van der Waals surface area (Å²) in [6, 6.07) is 3.80. The van der Waals surface area contributed by atoms with Gasteiger partial charge in [-0.1, -0.05) is 13.0 Å². The monoisotopic (exact) mass is 250 g/mol. The third-order valence-electron chi connectivity index (χ3n) is 2.78. The molecular formula is C12H14ClF3. The lowest BCUT2D eigenvalue weighted by Gasteiger charge is -2.18. The Morgan fingerprint density at radius 2 is 1.75 bits per heavy atom. The van der Waals surface area contributed by atoms with Crippen molar-refractivity contribution < 1.29 is 13.2 Å². The second-order valence-corrected chi connectivity index (χ2v) is 4.72. The van der Waals surface area contributed by atoms with Crippen LogP contribution in [0.5, 0.6) is 0 Å². The molecule has 1 rings (SSSR count). The molecule has 0 amide bonds. The van der Waals surface area contributed by atoms with Crippen LogP contribution in [0, 0.1) is 6.92 Å². The van der Waals surface area contributed by atoms with Crippen molar-refractivity contribution in [3.8, 4) is 0 Å². The van der Waals surface area contributed by atoms with Crippen molar-refractivity contribution in [2.75, 3.05) is 0 Å². The maximum atomic E-state index is 12.4. The lowest BCUT2D eigenvalue weighted by molar-refractivity contribution is -0.137. The Balaban J connectivity index is 3.10. The summed E-state index contributed by atoms with van der Waals surface area (Å²) in [5, 5.41) is -0.101. The number of rotatable bonds is 2. The number of alkyl halides is 4. The zero-order valence-electron chi connectivity index (χ0n) is 9.40. The van der Waals surface area contributed by atoms with E-state index in [0.717, 1.165) is 11.6 Å². The van der Waals surface area contributed by atoms with Crippen molar-refractivity contribution in [3.63, 3.8) is 0 Å². The van der Waals surface area contributed by atoms with Gasteiger partial charge in [-0.05, 0) is 43.0 Å². The zero-order chi connectivity index (χ0) is 12.5. The molecule has 2 unspecified atom stereocenters. The van der Waals surface area contributed by atoms with Crippen LogP contribution in [0.15, 0.2) is 18.2 Å². The molecule has 0 fully saturated rings. The van der Waals surface area contributed by atoms with Crippen LogP contribution in [0.4, 0.5) is 13.2 Å². The molecule has 0 aliphatic heterocycles. The standard InChI is InChI=1S/C12H14ClF3/c1-7-6-10(12(14,15)16)4-5-11(7)8(2)9(3)13/h4-6,8-9H,1-3H3. The molecule has 0 nitrogen and oxygen atoms in total. The van der Waals surface area contributed by atoms with E-state index in [2.05, 4.69) is 0 Å². The van der Waals surface area contributed by atoms with Crippen LogP contribution in [0.2, 0.25) is 0 Å². The molecule has 0 N–H and O–H groups in total. The van der Waals surface area contributed by atoms with Crippen LogP contribution in [0.25, 0.3) is 0 Å². The Labute approximate surface area is 98.4 Å². The minimum atomic E-state index is -4.28. The van der Waals surface area contributed by atoms with Gasteiger partial charge in [-0.25, -0.2) is 0 Å². The molecule has 0 spiro atoms. The highest BCUT2D eigenvalue weighted by atomic mass is 35.5. The van der Waals surface area contributed by atoms with E-state index in [1.54, 1.807) is 6.92 Å². The van der Waals surface area contributed by atoms with Crippen LogP contribution in [-0.2, 0) is 6.18 Å². The lowest BCUT2D eigenvalue weighted by atomic mass is 9.92. The largest absolute Gasteiger partial charge is 0.416 e. The van der Waals surface area contributed by atoms with Gasteiger partial charge in [0.1, 0.15) is 0 Å². The van der Waals surface area contributed by atoms with Crippen LogP contribution < -0.4 is 0 Å². The fourth-order valence-corrected chi connectivity index (χ4v) is 1.75. The summed E-state index contributed by atoms with van der Waals surface area (Å²) in [6.07, 6.45) is -4.28. The Morgan fingerprint density at radius 1 is 1.19 bits per heavy atom. The topological polar surface area (TPSA) is 0 Å². The molecule has 16 heavy (non-hydrogen) atoms. The fourth-order valence-electron chi connectivity index (χ4n) is 1.61. The molecule has 0 saturated heterocycles. The molecular weight excluding hydrogens is 237 g/mol. The highest BCUT2D eigenvalue weighted by Gasteiger charge is 2.31. The second-order valence-electron chi connectivity index (χ2n) is 4.04. The number of benzene rings is 1. The van der Waals surface area contributed by atoms with E-state index < -0.39 is 11.7 Å². The first-order valence-electron chi connectivity index (χ1n) is 5.05. The van der Waals surface area contributed by atoms with Gasteiger partial charge in [0.2, 0.25) is 0 Å². The first-order valence-corrected chi connectivity index (χ1v) is 5.49. The minimum absolute atomic E-state index is 0.0453. The highest BCUT2D eigenvalue weighted by molar-refractivity contribution is 6.20. The van der Waals surface area contributed by atoms with Crippen LogP contribution in [0.3, 0.4) is 0 Å². The molecule has 0 radical (unpaired) electrons. The van der Waals surface area contributed by atoms with Crippen LogP contribution >= 0.6 is 11.6 Å². The quantitative estimate of drug-likeness (QED) is 0.665. The Morgan fingerprint density at radius 3 is 2.12 bits per heavy atom. The molecule has 1 aromatic carbocycles. The first-order chi connectivity index (χ1) is 7.23. The van der Waals surface area contributed by atoms with E-state index in [9.17, 15) is 13.2 Å². The molecule has 0 bridgehead atoms. The van der Waals surface area contributed by atoms with Gasteiger partial charge in [0.25, 0.3) is 0 Å². The van der Waals surface area contributed by atoms with Crippen molar-refractivity contribution in [2.24, 2.45) is 0 Å². The molecule has 90 valence electrons. The van der Waals surface area contributed by atoms with Gasteiger partial charge in [-0.15, -0.1) is 11.6 Å². The predicted molar refractivity (Wildman–Crippen MR) is 59.9 cm³/mol. The summed E-state index contributed by atoms with van der Waals surface area (Å²) in [5.74, 6) is 0.0453. The van der Waals surface area contributed by atoms with Crippen molar-refractivity contribution in [1.82, 2.24) is 0 Å². The van der Waals surface area contributed by atoms with Crippen molar-refractivity contribution >= 4 is 11.6 Å². The van der Waals surface area contributed by atoms with Gasteiger partial charge < -0.3 is 0 Å². The number of halogens is 4. The van der Waals surface area contributed by atoms with Gasteiger partial charge >= 0.3 is 6.18 Å². The molecule has 0 aromatic heterocycles. The molecule has 2 atom stereocenters. The van der Waals surface area contributed by atoms with E-state index >= 15 is 0 Å². The van der Waals surface area contributed by atoms with Gasteiger partial charge in [0.15, 0.2) is 0 Å². The third-order valence-corrected chi connectivity index (χ3v) is 3.15. The fraction of sp³-hybridized carbons (Fsp3) is 0.500. The minimum Gasteiger partial charge on any atom is -0.166 e. The number of hydrogen-bond acceptors (Lipinski definition) is 0. The Bertz CT molecular complexity index is 369. The number of hydrogen-bond donors (Lipinski definition) is 0. The SMILES string of the molecule is Cc1cc(C(F)(F)F)ccc1C(C)C(C)Cl. The molecule has 4 heteroatoms. The average Bonchev–Trinajstić information content (AvgIpc) is 2.15. The van der Waals surface area contributed by atoms with Gasteiger partial charge in [0.05, 0.1) is 5.56 Å². The van der Waals surface area contributed by atoms with Crippen LogP contribution in [-0.4, -0.2) is 5.38 Å². The van der Waals surface area contributed by atoms with E-state index in [1.165, 1.54) is 12.1 Å². The summed E-state index contributed by atoms with van der Waals surface area (Å²) in [7, 11) is 0. The Kier molecular flexibility index (Phi) is 3.89. The molecule has 0 aliphatic carbocycles. The van der Waals surface area contributed by atoms with E-state index in [1.807, 2.05) is 13.8 Å². The third kappa shape index (κ3) is 2.91. The first kappa shape index (κ1) is 13.4. The predicted octanol–water partition coefficient (Wildman–Crippen LogP) is 4.74. The summed E-state index contributed by atoms with van der Waals surface area (Å²) < 4.78 is 37.3.